The smallest absolute Gasteiger partial charge is 0.119 e. The van der Waals surface area contributed by atoms with Gasteiger partial charge in [-0.25, -0.2) is 0 Å². The van der Waals surface area contributed by atoms with Gasteiger partial charge in [-0.2, -0.15) is 0 Å². The van der Waals surface area contributed by atoms with Crippen molar-refractivity contribution in [3.05, 3.63) is 29.3 Å². The fourth-order valence-corrected chi connectivity index (χ4v) is 2.52. The summed E-state index contributed by atoms with van der Waals surface area (Å²) in [6.07, 6.45) is 4.44. The molecule has 1 aliphatic heterocycles. The fourth-order valence-electron chi connectivity index (χ4n) is 2.52. The summed E-state index contributed by atoms with van der Waals surface area (Å²) >= 11 is 0. The summed E-state index contributed by atoms with van der Waals surface area (Å²) in [5, 5.41) is 8.83. The van der Waals surface area contributed by atoms with E-state index < -0.39 is 0 Å². The van der Waals surface area contributed by atoms with Crippen LogP contribution >= 0.6 is 0 Å². The van der Waals surface area contributed by atoms with E-state index in [1.54, 1.807) is 7.11 Å². The highest BCUT2D eigenvalue weighted by Crippen LogP contribution is 2.20. The Bertz CT molecular complexity index is 481. The minimum atomic E-state index is 0.116. The second-order valence-electron chi connectivity index (χ2n) is 5.14. The minimum absolute atomic E-state index is 0.116. The van der Waals surface area contributed by atoms with Gasteiger partial charge in [-0.1, -0.05) is 18.3 Å². The van der Waals surface area contributed by atoms with Gasteiger partial charge in [0.2, 0.25) is 0 Å². The van der Waals surface area contributed by atoms with E-state index in [0.717, 1.165) is 17.9 Å². The lowest BCUT2D eigenvalue weighted by Crippen LogP contribution is -2.29. The van der Waals surface area contributed by atoms with E-state index in [0.29, 0.717) is 6.42 Å². The maximum atomic E-state index is 8.83. The van der Waals surface area contributed by atoms with E-state index in [-0.39, 0.29) is 6.61 Å². The van der Waals surface area contributed by atoms with Gasteiger partial charge in [0.25, 0.3) is 0 Å². The zero-order chi connectivity index (χ0) is 14.2. The molecule has 2 rings (SSSR count). The standard InChI is InChI=1S/C17H23NO2/c1-20-17-9-8-15(7-3-6-12-19)16(13-17)14-18-10-4-2-5-11-18/h8-9,13,19H,2,4-6,10-12,14H2,1H3. The highest BCUT2D eigenvalue weighted by Gasteiger charge is 2.12. The lowest BCUT2D eigenvalue weighted by atomic mass is 10.0. The molecule has 20 heavy (non-hydrogen) atoms. The van der Waals surface area contributed by atoms with Crippen molar-refractivity contribution < 1.29 is 9.84 Å². The molecule has 1 N–H and O–H groups in total. The largest absolute Gasteiger partial charge is 0.497 e. The number of hydrogen-bond donors (Lipinski definition) is 1. The normalized spacial score (nSPS) is 15.5. The fraction of sp³-hybridized carbons (Fsp3) is 0.529. The molecule has 1 saturated heterocycles. The summed E-state index contributed by atoms with van der Waals surface area (Å²) in [6.45, 7) is 3.38. The molecule has 0 atom stereocenters. The Morgan fingerprint density at radius 2 is 2.05 bits per heavy atom. The molecule has 0 radical (unpaired) electrons. The number of benzene rings is 1. The Hall–Kier alpha value is -1.50. The molecular weight excluding hydrogens is 250 g/mol. The van der Waals surface area contributed by atoms with Gasteiger partial charge in [-0.3, -0.25) is 4.90 Å². The molecule has 1 aromatic carbocycles. The monoisotopic (exact) mass is 273 g/mol. The maximum absolute atomic E-state index is 8.83. The third-order valence-electron chi connectivity index (χ3n) is 3.61. The molecule has 0 spiro atoms. The number of aliphatic hydroxyl groups is 1. The predicted molar refractivity (Wildman–Crippen MR) is 80.7 cm³/mol. The predicted octanol–water partition coefficient (Wildman–Crippen LogP) is 2.42. The van der Waals surface area contributed by atoms with Crippen molar-refractivity contribution in [2.75, 3.05) is 26.8 Å². The number of aliphatic hydroxyl groups excluding tert-OH is 1. The number of ether oxygens (including phenoxy) is 1. The molecule has 1 aliphatic rings. The Balaban J connectivity index is 2.16. The Kier molecular flexibility index (Phi) is 5.91. The molecule has 108 valence electrons. The lowest BCUT2D eigenvalue weighted by molar-refractivity contribution is 0.220. The Morgan fingerprint density at radius 3 is 2.75 bits per heavy atom. The topological polar surface area (TPSA) is 32.7 Å². The average Bonchev–Trinajstić information content (AvgIpc) is 2.50. The molecule has 0 amide bonds. The van der Waals surface area contributed by atoms with Crippen LogP contribution in [0.5, 0.6) is 5.75 Å². The molecule has 0 bridgehead atoms. The van der Waals surface area contributed by atoms with Crippen LogP contribution in [0.1, 0.15) is 36.8 Å². The third kappa shape index (κ3) is 4.26. The van der Waals surface area contributed by atoms with E-state index >= 15 is 0 Å². The van der Waals surface area contributed by atoms with Gasteiger partial charge in [0.1, 0.15) is 5.75 Å². The van der Waals surface area contributed by atoms with Gasteiger partial charge in [0.05, 0.1) is 13.7 Å². The Labute approximate surface area is 121 Å². The molecule has 0 unspecified atom stereocenters. The van der Waals surface area contributed by atoms with Crippen molar-refractivity contribution in [2.24, 2.45) is 0 Å². The van der Waals surface area contributed by atoms with Crippen LogP contribution in [0.2, 0.25) is 0 Å². The number of piperidine rings is 1. The highest BCUT2D eigenvalue weighted by atomic mass is 16.5. The molecule has 1 fully saturated rings. The van der Waals surface area contributed by atoms with Crippen molar-refractivity contribution in [2.45, 2.75) is 32.2 Å². The number of rotatable bonds is 4. The lowest BCUT2D eigenvalue weighted by Gasteiger charge is -2.27. The molecule has 1 heterocycles. The van der Waals surface area contributed by atoms with Gasteiger partial charge in [0, 0.05) is 18.5 Å². The van der Waals surface area contributed by atoms with Crippen molar-refractivity contribution in [1.82, 2.24) is 4.90 Å². The van der Waals surface area contributed by atoms with E-state index in [9.17, 15) is 0 Å². The number of nitrogens with zero attached hydrogens (tertiary/aromatic N) is 1. The third-order valence-corrected chi connectivity index (χ3v) is 3.61. The first kappa shape index (κ1) is 14.9. The van der Waals surface area contributed by atoms with Gasteiger partial charge >= 0.3 is 0 Å². The van der Waals surface area contributed by atoms with E-state index in [4.69, 9.17) is 9.84 Å². The van der Waals surface area contributed by atoms with Crippen LogP contribution in [0.15, 0.2) is 18.2 Å². The van der Waals surface area contributed by atoms with Gasteiger partial charge in [0.15, 0.2) is 0 Å². The molecule has 1 aromatic rings. The minimum Gasteiger partial charge on any atom is -0.497 e. The molecule has 0 aromatic heterocycles. The first-order chi connectivity index (χ1) is 9.83. The van der Waals surface area contributed by atoms with Gasteiger partial charge < -0.3 is 9.84 Å². The first-order valence-corrected chi connectivity index (χ1v) is 7.32. The SMILES string of the molecule is COc1ccc(C#CCCO)c(CN2CCCCC2)c1. The zero-order valence-corrected chi connectivity index (χ0v) is 12.2. The summed E-state index contributed by atoms with van der Waals surface area (Å²) in [6, 6.07) is 6.04. The summed E-state index contributed by atoms with van der Waals surface area (Å²) in [5.74, 6) is 7.05. The van der Waals surface area contributed by atoms with Crippen LogP contribution in [0.3, 0.4) is 0 Å². The van der Waals surface area contributed by atoms with Crippen LogP contribution < -0.4 is 4.74 Å². The molecule has 0 saturated carbocycles. The van der Waals surface area contributed by atoms with Crippen LogP contribution in [0.4, 0.5) is 0 Å². The van der Waals surface area contributed by atoms with Crippen molar-refractivity contribution in [1.29, 1.82) is 0 Å². The summed E-state index contributed by atoms with van der Waals surface area (Å²) in [4.78, 5) is 2.48. The number of hydrogen-bond acceptors (Lipinski definition) is 3. The summed E-state index contributed by atoms with van der Waals surface area (Å²) in [7, 11) is 1.69. The highest BCUT2D eigenvalue weighted by molar-refractivity contribution is 5.45. The summed E-state index contributed by atoms with van der Waals surface area (Å²) in [5.41, 5.74) is 2.27. The van der Waals surface area contributed by atoms with Crippen LogP contribution in [-0.2, 0) is 6.54 Å². The zero-order valence-electron chi connectivity index (χ0n) is 12.2. The van der Waals surface area contributed by atoms with Gasteiger partial charge in [-0.15, -0.1) is 0 Å². The molecule has 3 heteroatoms. The van der Waals surface area contributed by atoms with Crippen molar-refractivity contribution >= 4 is 0 Å². The molecule has 3 nitrogen and oxygen atoms in total. The van der Waals surface area contributed by atoms with Crippen LogP contribution in [0.25, 0.3) is 0 Å². The van der Waals surface area contributed by atoms with Crippen LogP contribution in [0, 0.1) is 11.8 Å². The maximum Gasteiger partial charge on any atom is 0.119 e. The quantitative estimate of drug-likeness (QED) is 0.855. The second-order valence-corrected chi connectivity index (χ2v) is 5.14. The number of methoxy groups -OCH3 is 1. The van der Waals surface area contributed by atoms with Crippen molar-refractivity contribution in [3.8, 4) is 17.6 Å². The average molecular weight is 273 g/mol. The van der Waals surface area contributed by atoms with E-state index in [1.807, 2.05) is 12.1 Å². The van der Waals surface area contributed by atoms with E-state index in [2.05, 4.69) is 22.8 Å². The van der Waals surface area contributed by atoms with E-state index in [1.165, 1.54) is 37.9 Å². The molecule has 0 aliphatic carbocycles. The first-order valence-electron chi connectivity index (χ1n) is 7.32. The molecular formula is C17H23NO2. The van der Waals surface area contributed by atoms with Gasteiger partial charge in [-0.05, 0) is 49.7 Å². The van der Waals surface area contributed by atoms with Crippen LogP contribution in [-0.4, -0.2) is 36.8 Å². The van der Waals surface area contributed by atoms with Crippen molar-refractivity contribution in [3.63, 3.8) is 0 Å². The summed E-state index contributed by atoms with van der Waals surface area (Å²) < 4.78 is 5.32. The second kappa shape index (κ2) is 7.94. The number of likely N-dealkylation sites (tertiary alicyclic amines) is 1. The Morgan fingerprint density at radius 1 is 1.25 bits per heavy atom.